The van der Waals surface area contributed by atoms with Crippen LogP contribution in [0.1, 0.15) is 27.2 Å². The number of nitrogens with one attached hydrogen (secondary N) is 1. The number of nitrogens with zero attached hydrogens (tertiary/aromatic N) is 1. The third-order valence-electron chi connectivity index (χ3n) is 5.22. The van der Waals surface area contributed by atoms with Crippen LogP contribution in [0.2, 0.25) is 0 Å². The van der Waals surface area contributed by atoms with Gasteiger partial charge in [0.15, 0.2) is 11.5 Å². The second kappa shape index (κ2) is 9.23. The summed E-state index contributed by atoms with van der Waals surface area (Å²) in [6.45, 7) is 2.25. The molecule has 4 rings (SSSR count). The molecule has 1 N–H and O–H groups in total. The van der Waals surface area contributed by atoms with Crippen LogP contribution >= 0.6 is 0 Å². The Bertz CT molecular complexity index is 1340. The Morgan fingerprint density at radius 2 is 1.78 bits per heavy atom. The monoisotopic (exact) mass is 422 g/mol. The van der Waals surface area contributed by atoms with Gasteiger partial charge in [-0.1, -0.05) is 54.6 Å². The fourth-order valence-corrected chi connectivity index (χ4v) is 3.65. The third kappa shape index (κ3) is 4.26. The Morgan fingerprint density at radius 1 is 1.03 bits per heavy atom. The molecule has 3 aromatic carbocycles. The van der Waals surface area contributed by atoms with E-state index in [1.807, 2.05) is 61.5 Å². The Balaban J connectivity index is 1.62. The molecule has 0 aliphatic carbocycles. The Labute approximate surface area is 186 Å². The number of nitriles is 1. The molecule has 5 nitrogen and oxygen atoms in total. The number of hydrogen-bond donors (Lipinski definition) is 1. The number of Topliss-reactive ketones (excluding diaryl/α,β-unsaturated/α-hetero) is 1. The summed E-state index contributed by atoms with van der Waals surface area (Å²) in [4.78, 5) is 16.4. The van der Waals surface area contributed by atoms with E-state index in [2.05, 4.69) is 11.1 Å². The first-order valence-corrected chi connectivity index (χ1v) is 10.2. The van der Waals surface area contributed by atoms with Crippen LogP contribution in [0.25, 0.3) is 17.0 Å². The lowest BCUT2D eigenvalue weighted by molar-refractivity contribution is 0.104. The van der Waals surface area contributed by atoms with Gasteiger partial charge in [0.2, 0.25) is 5.78 Å². The first-order valence-electron chi connectivity index (χ1n) is 10.2. The lowest BCUT2D eigenvalue weighted by Crippen LogP contribution is -2.03. The van der Waals surface area contributed by atoms with Crippen LogP contribution in [0.4, 0.5) is 0 Å². The summed E-state index contributed by atoms with van der Waals surface area (Å²) >= 11 is 0. The number of allylic oxidation sites excluding steroid dienone is 1. The minimum absolute atomic E-state index is 0.0536. The summed E-state index contributed by atoms with van der Waals surface area (Å²) < 4.78 is 11.4. The van der Waals surface area contributed by atoms with Crippen LogP contribution in [-0.4, -0.2) is 17.9 Å². The van der Waals surface area contributed by atoms with Crippen molar-refractivity contribution in [1.82, 2.24) is 4.98 Å². The molecule has 0 saturated carbocycles. The van der Waals surface area contributed by atoms with Crippen LogP contribution in [-0.2, 0) is 6.61 Å². The van der Waals surface area contributed by atoms with Crippen molar-refractivity contribution >= 4 is 22.8 Å². The number of aryl methyl sites for hydroxylation is 1. The SMILES string of the molecule is COc1cc(C=C(C#N)C(=O)c2c(C)[nH]c3ccccc23)ccc1OCc1ccccc1. The minimum atomic E-state index is -0.314. The van der Waals surface area contributed by atoms with E-state index >= 15 is 0 Å². The van der Waals surface area contributed by atoms with E-state index in [1.54, 1.807) is 31.4 Å². The summed E-state index contributed by atoms with van der Waals surface area (Å²) in [5.74, 6) is 0.805. The number of H-pyrrole nitrogens is 1. The molecular weight excluding hydrogens is 400 g/mol. The van der Waals surface area contributed by atoms with Gasteiger partial charge in [-0.25, -0.2) is 0 Å². The van der Waals surface area contributed by atoms with Crippen LogP contribution in [0, 0.1) is 18.3 Å². The normalized spacial score (nSPS) is 11.2. The van der Waals surface area contributed by atoms with E-state index in [9.17, 15) is 10.1 Å². The van der Waals surface area contributed by atoms with Crippen LogP contribution < -0.4 is 9.47 Å². The molecule has 0 spiro atoms. The van der Waals surface area contributed by atoms with Gasteiger partial charge < -0.3 is 14.5 Å². The number of rotatable bonds is 7. The molecule has 0 aliphatic rings. The van der Waals surface area contributed by atoms with Crippen molar-refractivity contribution in [1.29, 1.82) is 5.26 Å². The maximum atomic E-state index is 13.2. The van der Waals surface area contributed by atoms with E-state index in [4.69, 9.17) is 9.47 Å². The molecule has 32 heavy (non-hydrogen) atoms. The van der Waals surface area contributed by atoms with Gasteiger partial charge in [0.25, 0.3) is 0 Å². The highest BCUT2D eigenvalue weighted by Gasteiger charge is 2.20. The van der Waals surface area contributed by atoms with Crippen molar-refractivity contribution in [3.05, 3.63) is 101 Å². The molecular formula is C27H22N2O3. The minimum Gasteiger partial charge on any atom is -0.493 e. The van der Waals surface area contributed by atoms with Crippen molar-refractivity contribution in [3.63, 3.8) is 0 Å². The van der Waals surface area contributed by atoms with Crippen molar-refractivity contribution < 1.29 is 14.3 Å². The fourth-order valence-electron chi connectivity index (χ4n) is 3.65. The van der Waals surface area contributed by atoms with E-state index < -0.39 is 0 Å². The number of aromatic amines is 1. The van der Waals surface area contributed by atoms with Gasteiger partial charge >= 0.3 is 0 Å². The van der Waals surface area contributed by atoms with E-state index in [0.717, 1.165) is 22.2 Å². The Hall–Kier alpha value is -4.30. The van der Waals surface area contributed by atoms with E-state index in [1.165, 1.54) is 0 Å². The molecule has 0 bridgehead atoms. The zero-order valence-corrected chi connectivity index (χ0v) is 17.9. The van der Waals surface area contributed by atoms with Crippen LogP contribution in [0.15, 0.2) is 78.4 Å². The summed E-state index contributed by atoms with van der Waals surface area (Å²) in [6, 6.07) is 24.8. The number of ether oxygens (including phenoxy) is 2. The highest BCUT2D eigenvalue weighted by atomic mass is 16.5. The van der Waals surface area contributed by atoms with Crippen molar-refractivity contribution in [2.75, 3.05) is 7.11 Å². The third-order valence-corrected chi connectivity index (χ3v) is 5.22. The van der Waals surface area contributed by atoms with Gasteiger partial charge in [-0.2, -0.15) is 5.26 Å². The number of carbonyl (C=O) groups excluding carboxylic acids is 1. The largest absolute Gasteiger partial charge is 0.493 e. The molecule has 1 heterocycles. The molecule has 1 aromatic heterocycles. The smallest absolute Gasteiger partial charge is 0.205 e. The highest BCUT2D eigenvalue weighted by molar-refractivity contribution is 6.20. The van der Waals surface area contributed by atoms with Crippen LogP contribution in [0.5, 0.6) is 11.5 Å². The number of benzene rings is 3. The molecule has 158 valence electrons. The number of hydrogen-bond acceptors (Lipinski definition) is 4. The number of para-hydroxylation sites is 1. The van der Waals surface area contributed by atoms with Gasteiger partial charge in [0.05, 0.1) is 12.7 Å². The molecule has 0 unspecified atom stereocenters. The van der Waals surface area contributed by atoms with Gasteiger partial charge in [-0.3, -0.25) is 4.79 Å². The molecule has 0 fully saturated rings. The fraction of sp³-hybridized carbons (Fsp3) is 0.111. The summed E-state index contributed by atoms with van der Waals surface area (Å²) in [7, 11) is 1.56. The first kappa shape index (κ1) is 21.0. The number of methoxy groups -OCH3 is 1. The molecule has 0 atom stereocenters. The van der Waals surface area contributed by atoms with E-state index in [0.29, 0.717) is 29.2 Å². The average Bonchev–Trinajstić information content (AvgIpc) is 3.17. The molecule has 0 radical (unpaired) electrons. The molecule has 4 aromatic rings. The second-order valence-electron chi connectivity index (χ2n) is 7.35. The Kier molecular flexibility index (Phi) is 6.05. The summed E-state index contributed by atoms with van der Waals surface area (Å²) in [5.41, 5.74) is 3.90. The first-order chi connectivity index (χ1) is 15.6. The van der Waals surface area contributed by atoms with Gasteiger partial charge in [-0.15, -0.1) is 0 Å². The van der Waals surface area contributed by atoms with Crippen molar-refractivity contribution in [2.24, 2.45) is 0 Å². The second-order valence-corrected chi connectivity index (χ2v) is 7.35. The van der Waals surface area contributed by atoms with Gasteiger partial charge in [0, 0.05) is 16.6 Å². The van der Waals surface area contributed by atoms with Crippen molar-refractivity contribution in [2.45, 2.75) is 13.5 Å². The topological polar surface area (TPSA) is 75.1 Å². The maximum Gasteiger partial charge on any atom is 0.205 e. The van der Waals surface area contributed by atoms with Crippen molar-refractivity contribution in [3.8, 4) is 17.6 Å². The predicted molar refractivity (Wildman–Crippen MR) is 125 cm³/mol. The average molecular weight is 422 g/mol. The Morgan fingerprint density at radius 3 is 2.53 bits per heavy atom. The maximum absolute atomic E-state index is 13.2. The number of ketones is 1. The highest BCUT2D eigenvalue weighted by Crippen LogP contribution is 2.30. The van der Waals surface area contributed by atoms with Crippen LogP contribution in [0.3, 0.4) is 0 Å². The lowest BCUT2D eigenvalue weighted by Gasteiger charge is -2.11. The summed E-state index contributed by atoms with van der Waals surface area (Å²) in [5, 5.41) is 10.5. The zero-order valence-electron chi connectivity index (χ0n) is 17.9. The van der Waals surface area contributed by atoms with E-state index in [-0.39, 0.29) is 11.4 Å². The molecule has 5 heteroatoms. The standard InChI is InChI=1S/C27H22N2O3/c1-18-26(22-10-6-7-11-23(22)29-18)27(30)21(16-28)14-20-12-13-24(25(15-20)31-2)32-17-19-8-4-3-5-9-19/h3-15,29H,17H2,1-2H3. The zero-order chi connectivity index (χ0) is 22.5. The van der Waals surface area contributed by atoms with Gasteiger partial charge in [-0.05, 0) is 42.3 Å². The summed E-state index contributed by atoms with van der Waals surface area (Å²) in [6.07, 6.45) is 1.58. The molecule has 0 amide bonds. The number of fused-ring (bicyclic) bond motifs is 1. The molecule has 0 aliphatic heterocycles. The molecule has 0 saturated heterocycles. The van der Waals surface area contributed by atoms with Gasteiger partial charge in [0.1, 0.15) is 18.2 Å². The quantitative estimate of drug-likeness (QED) is 0.230. The number of aromatic nitrogens is 1. The lowest BCUT2D eigenvalue weighted by atomic mass is 9.99. The predicted octanol–water partition coefficient (Wildman–Crippen LogP) is 5.85. The number of carbonyl (C=O) groups is 1.